The van der Waals surface area contributed by atoms with Gasteiger partial charge in [-0.1, -0.05) is 17.7 Å². The van der Waals surface area contributed by atoms with Gasteiger partial charge in [-0.05, 0) is 25.1 Å². The van der Waals surface area contributed by atoms with Crippen LogP contribution in [0.1, 0.15) is 6.92 Å². The van der Waals surface area contributed by atoms with Crippen LogP contribution in [0, 0.1) is 0 Å². The molecule has 0 unspecified atom stereocenters. The van der Waals surface area contributed by atoms with Crippen molar-refractivity contribution < 1.29 is 9.59 Å². The van der Waals surface area contributed by atoms with Crippen LogP contribution in [0.3, 0.4) is 0 Å². The van der Waals surface area contributed by atoms with Crippen molar-refractivity contribution in [2.75, 3.05) is 13.1 Å². The summed E-state index contributed by atoms with van der Waals surface area (Å²) >= 11 is 7.28. The van der Waals surface area contributed by atoms with E-state index in [1.165, 1.54) is 16.7 Å². The number of carbonyl (C=O) groups is 2. The monoisotopic (exact) mass is 284 g/mol. The summed E-state index contributed by atoms with van der Waals surface area (Å²) in [6.07, 6.45) is 0. The van der Waals surface area contributed by atoms with Crippen molar-refractivity contribution in [3.8, 4) is 0 Å². The first-order chi connectivity index (χ1) is 8.58. The predicted molar refractivity (Wildman–Crippen MR) is 71.9 cm³/mol. The van der Waals surface area contributed by atoms with Gasteiger partial charge in [0.05, 0.1) is 5.25 Å². The molecule has 1 aliphatic heterocycles. The van der Waals surface area contributed by atoms with Crippen molar-refractivity contribution >= 4 is 35.3 Å². The van der Waals surface area contributed by atoms with Crippen molar-refractivity contribution in [3.63, 3.8) is 0 Å². The van der Waals surface area contributed by atoms with Gasteiger partial charge in [-0.25, -0.2) is 4.79 Å². The molecule has 0 aliphatic carbocycles. The standard InChI is InChI=1S/C12H13ClN2O2S/c1-8(11(16)15-6-5-14-12(15)17)18-10-4-2-3-9(13)7-10/h2-4,7-8H,5-6H2,1H3,(H,14,17)/t8-/m1/s1. The summed E-state index contributed by atoms with van der Waals surface area (Å²) < 4.78 is 0. The second-order valence-corrected chi connectivity index (χ2v) is 5.79. The normalized spacial score (nSPS) is 16.6. The van der Waals surface area contributed by atoms with Gasteiger partial charge in [0.15, 0.2) is 0 Å². The first kappa shape index (κ1) is 13.2. The molecule has 18 heavy (non-hydrogen) atoms. The molecule has 2 rings (SSSR count). The Morgan fingerprint density at radius 3 is 2.94 bits per heavy atom. The Morgan fingerprint density at radius 1 is 1.56 bits per heavy atom. The number of urea groups is 1. The lowest BCUT2D eigenvalue weighted by Gasteiger charge is -2.17. The lowest BCUT2D eigenvalue weighted by Crippen LogP contribution is -2.38. The maximum Gasteiger partial charge on any atom is 0.324 e. The van der Waals surface area contributed by atoms with Crippen molar-refractivity contribution in [2.45, 2.75) is 17.1 Å². The van der Waals surface area contributed by atoms with Gasteiger partial charge in [-0.15, -0.1) is 11.8 Å². The average molecular weight is 285 g/mol. The molecule has 1 N–H and O–H groups in total. The number of hydrogen-bond acceptors (Lipinski definition) is 3. The van der Waals surface area contributed by atoms with Crippen molar-refractivity contribution in [3.05, 3.63) is 29.3 Å². The second-order valence-electron chi connectivity index (χ2n) is 3.94. The summed E-state index contributed by atoms with van der Waals surface area (Å²) in [7, 11) is 0. The molecular weight excluding hydrogens is 272 g/mol. The minimum absolute atomic E-state index is 0.171. The van der Waals surface area contributed by atoms with E-state index in [2.05, 4.69) is 5.32 Å². The highest BCUT2D eigenvalue weighted by atomic mass is 35.5. The number of carbonyl (C=O) groups excluding carboxylic acids is 2. The van der Waals surface area contributed by atoms with E-state index in [0.29, 0.717) is 18.1 Å². The number of nitrogens with zero attached hydrogens (tertiary/aromatic N) is 1. The molecule has 1 heterocycles. The summed E-state index contributed by atoms with van der Waals surface area (Å²) in [5, 5.41) is 2.94. The smallest absolute Gasteiger partial charge is 0.324 e. The molecule has 6 heteroatoms. The van der Waals surface area contributed by atoms with Gasteiger partial charge in [0.2, 0.25) is 5.91 Å². The molecule has 0 radical (unpaired) electrons. The van der Waals surface area contributed by atoms with Gasteiger partial charge >= 0.3 is 6.03 Å². The van der Waals surface area contributed by atoms with Gasteiger partial charge in [0, 0.05) is 23.0 Å². The average Bonchev–Trinajstić information content (AvgIpc) is 2.74. The number of benzene rings is 1. The minimum Gasteiger partial charge on any atom is -0.336 e. The minimum atomic E-state index is -0.313. The summed E-state index contributed by atoms with van der Waals surface area (Å²) in [5.41, 5.74) is 0. The van der Waals surface area contributed by atoms with Crippen LogP contribution in [-0.2, 0) is 4.79 Å². The molecule has 1 aromatic carbocycles. The molecule has 0 spiro atoms. The molecule has 1 fully saturated rings. The number of rotatable bonds is 3. The second kappa shape index (κ2) is 5.63. The van der Waals surface area contributed by atoms with E-state index >= 15 is 0 Å². The fraction of sp³-hybridized carbons (Fsp3) is 0.333. The van der Waals surface area contributed by atoms with E-state index in [1.807, 2.05) is 12.1 Å². The quantitative estimate of drug-likeness (QED) is 0.867. The predicted octanol–water partition coefficient (Wildman–Crippen LogP) is 2.37. The molecule has 1 atom stereocenters. The third kappa shape index (κ3) is 2.97. The van der Waals surface area contributed by atoms with Gasteiger partial charge < -0.3 is 5.32 Å². The highest BCUT2D eigenvalue weighted by Crippen LogP contribution is 2.26. The Bertz CT molecular complexity index is 481. The van der Waals surface area contributed by atoms with E-state index in [0.717, 1.165) is 4.90 Å². The molecule has 96 valence electrons. The Kier molecular flexibility index (Phi) is 4.14. The molecule has 0 aromatic heterocycles. The summed E-state index contributed by atoms with van der Waals surface area (Å²) in [6.45, 7) is 2.76. The molecule has 0 bridgehead atoms. The summed E-state index contributed by atoms with van der Waals surface area (Å²) in [5.74, 6) is -0.171. The van der Waals surface area contributed by atoms with E-state index in [1.54, 1.807) is 19.1 Å². The van der Waals surface area contributed by atoms with Crippen molar-refractivity contribution in [2.24, 2.45) is 0 Å². The molecule has 4 nitrogen and oxygen atoms in total. The van der Waals surface area contributed by atoms with Crippen LogP contribution in [0.4, 0.5) is 4.79 Å². The fourth-order valence-corrected chi connectivity index (χ4v) is 2.94. The lowest BCUT2D eigenvalue weighted by atomic mass is 10.4. The van der Waals surface area contributed by atoms with Gasteiger partial charge in [-0.3, -0.25) is 9.69 Å². The Balaban J connectivity index is 2.01. The van der Waals surface area contributed by atoms with Crippen molar-refractivity contribution in [1.29, 1.82) is 0 Å². The zero-order valence-electron chi connectivity index (χ0n) is 9.85. The first-order valence-corrected chi connectivity index (χ1v) is 6.85. The number of hydrogen-bond donors (Lipinski definition) is 1. The van der Waals surface area contributed by atoms with Crippen LogP contribution in [0.25, 0.3) is 0 Å². The molecule has 3 amide bonds. The van der Waals surface area contributed by atoms with Crippen molar-refractivity contribution in [1.82, 2.24) is 10.2 Å². The molecule has 1 saturated heterocycles. The molecule has 0 saturated carbocycles. The fourth-order valence-electron chi connectivity index (χ4n) is 1.70. The van der Waals surface area contributed by atoms with Gasteiger partial charge in [-0.2, -0.15) is 0 Å². The van der Waals surface area contributed by atoms with Crippen LogP contribution in [0.15, 0.2) is 29.2 Å². The molecule has 1 aromatic rings. The van der Waals surface area contributed by atoms with Crippen LogP contribution >= 0.6 is 23.4 Å². The van der Waals surface area contributed by atoms with Crippen LogP contribution < -0.4 is 5.32 Å². The van der Waals surface area contributed by atoms with Crippen LogP contribution in [-0.4, -0.2) is 35.2 Å². The number of amides is 3. The van der Waals surface area contributed by atoms with Gasteiger partial charge in [0.1, 0.15) is 0 Å². The van der Waals surface area contributed by atoms with Crippen LogP contribution in [0.2, 0.25) is 5.02 Å². The number of thioether (sulfide) groups is 1. The molecule has 1 aliphatic rings. The number of halogens is 1. The SMILES string of the molecule is C[C@@H](Sc1cccc(Cl)c1)C(=O)N1CCNC1=O. The topological polar surface area (TPSA) is 49.4 Å². The summed E-state index contributed by atoms with van der Waals surface area (Å²) in [6, 6.07) is 7.01. The third-order valence-electron chi connectivity index (χ3n) is 2.58. The van der Waals surface area contributed by atoms with E-state index in [4.69, 9.17) is 11.6 Å². The summed E-state index contributed by atoms with van der Waals surface area (Å²) in [4.78, 5) is 25.6. The highest BCUT2D eigenvalue weighted by Gasteiger charge is 2.29. The largest absolute Gasteiger partial charge is 0.336 e. The maximum atomic E-state index is 12.1. The Morgan fingerprint density at radius 2 is 2.33 bits per heavy atom. The Labute approximate surface area is 115 Å². The Hall–Kier alpha value is -1.20. The molecular formula is C12H13ClN2O2S. The lowest BCUT2D eigenvalue weighted by molar-refractivity contribution is -0.126. The van der Waals surface area contributed by atoms with E-state index in [-0.39, 0.29) is 17.2 Å². The number of imide groups is 1. The third-order valence-corrected chi connectivity index (χ3v) is 3.90. The highest BCUT2D eigenvalue weighted by molar-refractivity contribution is 8.00. The number of nitrogens with one attached hydrogen (secondary N) is 1. The van der Waals surface area contributed by atoms with E-state index < -0.39 is 0 Å². The van der Waals surface area contributed by atoms with E-state index in [9.17, 15) is 9.59 Å². The van der Waals surface area contributed by atoms with Crippen LogP contribution in [0.5, 0.6) is 0 Å². The zero-order chi connectivity index (χ0) is 13.1. The zero-order valence-corrected chi connectivity index (χ0v) is 11.4. The first-order valence-electron chi connectivity index (χ1n) is 5.59. The maximum absolute atomic E-state index is 12.1. The van der Waals surface area contributed by atoms with Gasteiger partial charge in [0.25, 0.3) is 0 Å².